The first-order chi connectivity index (χ1) is 8.56. The maximum absolute atomic E-state index is 11.2. The van der Waals surface area contributed by atoms with Gasteiger partial charge in [-0.2, -0.15) is 0 Å². The predicted octanol–water partition coefficient (Wildman–Crippen LogP) is 0.792. The summed E-state index contributed by atoms with van der Waals surface area (Å²) in [7, 11) is -3.13. The molecule has 6 heteroatoms. The minimum atomic E-state index is -3.13. The molecule has 102 valence electrons. The molecule has 1 aromatic carbocycles. The summed E-state index contributed by atoms with van der Waals surface area (Å²) in [6, 6.07) is 5.52. The second-order valence-corrected chi connectivity index (χ2v) is 6.04. The summed E-state index contributed by atoms with van der Waals surface area (Å²) in [6.45, 7) is 5.42. The number of aromatic hydroxyl groups is 1. The molecule has 0 saturated carbocycles. The van der Waals surface area contributed by atoms with E-state index < -0.39 is 9.84 Å². The van der Waals surface area contributed by atoms with Crippen molar-refractivity contribution in [2.45, 2.75) is 11.8 Å². The van der Waals surface area contributed by atoms with Crippen molar-refractivity contribution in [3.05, 3.63) is 24.3 Å². The Morgan fingerprint density at radius 1 is 1.22 bits per heavy atom. The number of phenols is 1. The summed E-state index contributed by atoms with van der Waals surface area (Å²) in [4.78, 5) is 0.253. The summed E-state index contributed by atoms with van der Waals surface area (Å²) >= 11 is 0. The van der Waals surface area contributed by atoms with Crippen LogP contribution in [0.15, 0.2) is 29.2 Å². The fourth-order valence-electron chi connectivity index (χ4n) is 1.34. The molecule has 1 saturated heterocycles. The van der Waals surface area contributed by atoms with Gasteiger partial charge < -0.3 is 15.2 Å². The van der Waals surface area contributed by atoms with Crippen LogP contribution >= 0.6 is 0 Å². The Morgan fingerprint density at radius 3 is 2.11 bits per heavy atom. The van der Waals surface area contributed by atoms with Crippen LogP contribution in [-0.4, -0.2) is 45.6 Å². The molecule has 5 nitrogen and oxygen atoms in total. The molecule has 1 fully saturated rings. The molecule has 0 radical (unpaired) electrons. The van der Waals surface area contributed by atoms with Crippen LogP contribution < -0.4 is 5.32 Å². The van der Waals surface area contributed by atoms with Crippen molar-refractivity contribution >= 4 is 9.84 Å². The molecule has 2 N–H and O–H groups in total. The highest BCUT2D eigenvalue weighted by molar-refractivity contribution is 7.91. The van der Waals surface area contributed by atoms with Crippen LogP contribution in [0.25, 0.3) is 0 Å². The van der Waals surface area contributed by atoms with Gasteiger partial charge in [0.15, 0.2) is 9.84 Å². The maximum atomic E-state index is 11.2. The molecular weight excluding hydrogens is 254 g/mol. The van der Waals surface area contributed by atoms with Crippen molar-refractivity contribution in [3.8, 4) is 5.75 Å². The lowest BCUT2D eigenvalue weighted by atomic mass is 10.3. The highest BCUT2D eigenvalue weighted by Crippen LogP contribution is 2.15. The van der Waals surface area contributed by atoms with E-state index in [9.17, 15) is 8.42 Å². The summed E-state index contributed by atoms with van der Waals surface area (Å²) in [5, 5.41) is 12.1. The molecule has 0 atom stereocenters. The number of rotatable bonds is 2. The Morgan fingerprint density at radius 2 is 1.78 bits per heavy atom. The minimum Gasteiger partial charge on any atom is -0.508 e. The second kappa shape index (κ2) is 7.35. The normalized spacial score (nSPS) is 15.6. The molecule has 0 spiro atoms. The van der Waals surface area contributed by atoms with Crippen LogP contribution in [0, 0.1) is 0 Å². The van der Waals surface area contributed by atoms with E-state index in [-0.39, 0.29) is 16.4 Å². The van der Waals surface area contributed by atoms with Crippen molar-refractivity contribution in [2.24, 2.45) is 0 Å². The molecule has 0 aliphatic carbocycles. The molecular formula is C12H19NO4S. The minimum absolute atomic E-state index is 0.0741. The monoisotopic (exact) mass is 273 g/mol. The first-order valence-corrected chi connectivity index (χ1v) is 7.51. The number of phenolic OH excluding ortho intramolecular Hbond substituents is 1. The van der Waals surface area contributed by atoms with Crippen molar-refractivity contribution < 1.29 is 18.3 Å². The van der Waals surface area contributed by atoms with E-state index in [1.807, 2.05) is 0 Å². The van der Waals surface area contributed by atoms with E-state index in [4.69, 9.17) is 9.84 Å². The smallest absolute Gasteiger partial charge is 0.178 e. The quantitative estimate of drug-likeness (QED) is 0.833. The molecule has 1 aliphatic heterocycles. The van der Waals surface area contributed by atoms with Gasteiger partial charge in [0.2, 0.25) is 0 Å². The Bertz CT molecular complexity index is 426. The molecule has 1 aromatic rings. The van der Waals surface area contributed by atoms with Crippen LogP contribution in [-0.2, 0) is 14.6 Å². The number of ether oxygens (including phenoxy) is 1. The lowest BCUT2D eigenvalue weighted by molar-refractivity contribution is 0.109. The summed E-state index contributed by atoms with van der Waals surface area (Å²) in [5.74, 6) is 0.155. The molecule has 1 heterocycles. The van der Waals surface area contributed by atoms with E-state index in [2.05, 4.69) is 5.32 Å². The van der Waals surface area contributed by atoms with Gasteiger partial charge in [-0.05, 0) is 24.3 Å². The van der Waals surface area contributed by atoms with Crippen LogP contribution in [0.4, 0.5) is 0 Å². The third-order valence-corrected chi connectivity index (χ3v) is 4.17. The van der Waals surface area contributed by atoms with Gasteiger partial charge in [-0.3, -0.25) is 0 Å². The third kappa shape index (κ3) is 5.03. The van der Waals surface area contributed by atoms with E-state index >= 15 is 0 Å². The Kier molecular flexibility index (Phi) is 6.11. The van der Waals surface area contributed by atoms with Gasteiger partial charge in [0.1, 0.15) is 5.75 Å². The molecule has 2 rings (SSSR count). The Hall–Kier alpha value is -1.11. The summed E-state index contributed by atoms with van der Waals surface area (Å²) in [6.07, 6.45) is 0. The van der Waals surface area contributed by atoms with Gasteiger partial charge in [-0.15, -0.1) is 0 Å². The SMILES string of the molecule is C1COCCN1.CCS(=O)(=O)c1ccc(O)cc1. The molecule has 0 unspecified atom stereocenters. The van der Waals surface area contributed by atoms with Crippen LogP contribution in [0.2, 0.25) is 0 Å². The van der Waals surface area contributed by atoms with Gasteiger partial charge in [0.25, 0.3) is 0 Å². The van der Waals surface area contributed by atoms with Gasteiger partial charge in [0.05, 0.1) is 23.9 Å². The standard InChI is InChI=1S/C8H10O3S.C4H9NO/c1-2-12(10,11)8-5-3-7(9)4-6-8;1-3-6-4-2-5-1/h3-6,9H,2H2,1H3;5H,1-4H2. The summed E-state index contributed by atoms with van der Waals surface area (Å²) in [5.41, 5.74) is 0. The number of nitrogens with one attached hydrogen (secondary N) is 1. The van der Waals surface area contributed by atoms with Crippen molar-refractivity contribution in [1.82, 2.24) is 5.32 Å². The summed E-state index contributed by atoms with van der Waals surface area (Å²) < 4.78 is 27.5. The van der Waals surface area contributed by atoms with Crippen molar-refractivity contribution in [3.63, 3.8) is 0 Å². The fourth-order valence-corrected chi connectivity index (χ4v) is 2.22. The Labute approximate surface area is 108 Å². The fraction of sp³-hybridized carbons (Fsp3) is 0.500. The Balaban J connectivity index is 0.000000225. The zero-order valence-electron chi connectivity index (χ0n) is 10.4. The molecule has 0 amide bonds. The zero-order valence-corrected chi connectivity index (χ0v) is 11.2. The van der Waals surface area contributed by atoms with E-state index in [1.165, 1.54) is 24.3 Å². The van der Waals surface area contributed by atoms with Gasteiger partial charge in [-0.25, -0.2) is 8.42 Å². The first kappa shape index (κ1) is 14.9. The van der Waals surface area contributed by atoms with Crippen molar-refractivity contribution in [2.75, 3.05) is 32.1 Å². The van der Waals surface area contributed by atoms with Crippen LogP contribution in [0.3, 0.4) is 0 Å². The predicted molar refractivity (Wildman–Crippen MR) is 69.5 cm³/mol. The van der Waals surface area contributed by atoms with E-state index in [0.29, 0.717) is 0 Å². The van der Waals surface area contributed by atoms with E-state index in [0.717, 1.165) is 26.3 Å². The highest BCUT2D eigenvalue weighted by atomic mass is 32.2. The van der Waals surface area contributed by atoms with Gasteiger partial charge in [-0.1, -0.05) is 6.92 Å². The zero-order chi connectivity index (χ0) is 13.4. The van der Waals surface area contributed by atoms with Gasteiger partial charge in [0, 0.05) is 13.1 Å². The average molecular weight is 273 g/mol. The number of hydrogen-bond acceptors (Lipinski definition) is 5. The van der Waals surface area contributed by atoms with Crippen LogP contribution in [0.5, 0.6) is 5.75 Å². The average Bonchev–Trinajstić information content (AvgIpc) is 2.42. The first-order valence-electron chi connectivity index (χ1n) is 5.86. The lowest BCUT2D eigenvalue weighted by Crippen LogP contribution is -2.30. The number of sulfone groups is 1. The molecule has 18 heavy (non-hydrogen) atoms. The maximum Gasteiger partial charge on any atom is 0.178 e. The van der Waals surface area contributed by atoms with Crippen LogP contribution in [0.1, 0.15) is 6.92 Å². The third-order valence-electron chi connectivity index (χ3n) is 2.42. The van der Waals surface area contributed by atoms with Gasteiger partial charge >= 0.3 is 0 Å². The molecule has 0 bridgehead atoms. The highest BCUT2D eigenvalue weighted by Gasteiger charge is 2.09. The molecule has 0 aromatic heterocycles. The number of benzene rings is 1. The number of hydrogen-bond donors (Lipinski definition) is 2. The topological polar surface area (TPSA) is 75.6 Å². The molecule has 1 aliphatic rings. The lowest BCUT2D eigenvalue weighted by Gasteiger charge is -2.10. The van der Waals surface area contributed by atoms with Crippen molar-refractivity contribution in [1.29, 1.82) is 0 Å². The second-order valence-electron chi connectivity index (χ2n) is 3.76. The van der Waals surface area contributed by atoms with E-state index in [1.54, 1.807) is 6.92 Å². The number of morpholine rings is 1. The largest absolute Gasteiger partial charge is 0.508 e.